The molecule has 0 heterocycles. The molecule has 0 aliphatic carbocycles. The van der Waals surface area contributed by atoms with E-state index in [1.807, 2.05) is 36.4 Å². The molecular formula is C13H12N2O. The number of rotatable bonds is 2. The Bertz CT molecular complexity index is 468. The van der Waals surface area contributed by atoms with Crippen LogP contribution in [0.4, 0.5) is 5.69 Å². The number of para-hydroxylation sites is 1. The minimum Gasteiger partial charge on any atom is -0.267 e. The molecule has 2 N–H and O–H groups in total. The first-order valence-electron chi connectivity index (χ1n) is 4.98. The van der Waals surface area contributed by atoms with Gasteiger partial charge in [0.1, 0.15) is 0 Å². The Hall–Kier alpha value is -2.13. The Morgan fingerprint density at radius 3 is 1.94 bits per heavy atom. The second kappa shape index (κ2) is 4.59. The van der Waals surface area contributed by atoms with E-state index in [1.54, 1.807) is 24.3 Å². The zero-order valence-electron chi connectivity index (χ0n) is 8.71. The van der Waals surface area contributed by atoms with E-state index < -0.39 is 0 Å². The molecule has 0 saturated heterocycles. The molecule has 16 heavy (non-hydrogen) atoms. The first kappa shape index (κ1) is 10.4. The van der Waals surface area contributed by atoms with Crippen LogP contribution in [0.1, 0.15) is 10.4 Å². The number of hydrogen-bond donors (Lipinski definition) is 1. The van der Waals surface area contributed by atoms with Crippen molar-refractivity contribution in [3.8, 4) is 0 Å². The van der Waals surface area contributed by atoms with Gasteiger partial charge in [0.15, 0.2) is 0 Å². The third-order valence-electron chi connectivity index (χ3n) is 2.27. The summed E-state index contributed by atoms with van der Waals surface area (Å²) in [5.74, 6) is 5.54. The lowest BCUT2D eigenvalue weighted by atomic mass is 10.2. The maximum absolute atomic E-state index is 11.9. The molecule has 0 aromatic heterocycles. The molecule has 0 spiro atoms. The average molecular weight is 212 g/mol. The topological polar surface area (TPSA) is 46.3 Å². The summed E-state index contributed by atoms with van der Waals surface area (Å²) >= 11 is 0. The van der Waals surface area contributed by atoms with Gasteiger partial charge in [-0.2, -0.15) is 0 Å². The van der Waals surface area contributed by atoms with Gasteiger partial charge in [-0.05, 0) is 24.3 Å². The summed E-state index contributed by atoms with van der Waals surface area (Å²) in [5, 5.41) is 1.15. The summed E-state index contributed by atoms with van der Waals surface area (Å²) in [6, 6.07) is 18.1. The molecule has 2 rings (SSSR count). The van der Waals surface area contributed by atoms with Crippen molar-refractivity contribution in [2.45, 2.75) is 0 Å². The minimum atomic E-state index is -0.216. The molecule has 1 amide bonds. The number of nitrogens with two attached hydrogens (primary N) is 1. The van der Waals surface area contributed by atoms with Crippen molar-refractivity contribution in [2.75, 3.05) is 5.01 Å². The largest absolute Gasteiger partial charge is 0.272 e. The Balaban J connectivity index is 2.24. The summed E-state index contributed by atoms with van der Waals surface area (Å²) in [6.07, 6.45) is 0. The van der Waals surface area contributed by atoms with E-state index in [1.165, 1.54) is 0 Å². The molecule has 3 nitrogen and oxygen atoms in total. The van der Waals surface area contributed by atoms with Crippen LogP contribution in [0.3, 0.4) is 0 Å². The second-order valence-corrected chi connectivity index (χ2v) is 3.38. The van der Waals surface area contributed by atoms with E-state index in [4.69, 9.17) is 5.84 Å². The smallest absolute Gasteiger partial charge is 0.267 e. The van der Waals surface area contributed by atoms with Crippen molar-refractivity contribution in [1.29, 1.82) is 0 Å². The Morgan fingerprint density at radius 1 is 0.875 bits per heavy atom. The summed E-state index contributed by atoms with van der Waals surface area (Å²) in [5.41, 5.74) is 1.25. The fraction of sp³-hybridized carbons (Fsp3) is 0. The zero-order chi connectivity index (χ0) is 11.4. The molecule has 0 aliphatic rings. The van der Waals surface area contributed by atoms with Gasteiger partial charge in [0.2, 0.25) is 0 Å². The molecule has 0 bridgehead atoms. The summed E-state index contributed by atoms with van der Waals surface area (Å²) < 4.78 is 0. The van der Waals surface area contributed by atoms with E-state index in [9.17, 15) is 4.79 Å². The SMILES string of the molecule is NN(C(=O)c1ccccc1)c1ccccc1. The van der Waals surface area contributed by atoms with Crippen LogP contribution in [-0.4, -0.2) is 5.91 Å². The molecule has 2 aromatic carbocycles. The van der Waals surface area contributed by atoms with Crippen molar-refractivity contribution >= 4 is 11.6 Å². The number of anilines is 1. The molecule has 0 unspecified atom stereocenters. The quantitative estimate of drug-likeness (QED) is 0.471. The Morgan fingerprint density at radius 2 is 1.38 bits per heavy atom. The number of carbonyl (C=O) groups is 1. The Kier molecular flexibility index (Phi) is 2.98. The maximum atomic E-state index is 11.9. The molecular weight excluding hydrogens is 200 g/mol. The monoisotopic (exact) mass is 212 g/mol. The van der Waals surface area contributed by atoms with Crippen LogP contribution in [0.25, 0.3) is 0 Å². The van der Waals surface area contributed by atoms with Gasteiger partial charge in [-0.15, -0.1) is 0 Å². The van der Waals surface area contributed by atoms with Crippen LogP contribution >= 0.6 is 0 Å². The van der Waals surface area contributed by atoms with Crippen molar-refractivity contribution in [3.63, 3.8) is 0 Å². The lowest BCUT2D eigenvalue weighted by Gasteiger charge is -2.16. The van der Waals surface area contributed by atoms with Crippen LogP contribution in [0, 0.1) is 0 Å². The molecule has 0 radical (unpaired) electrons. The molecule has 0 aliphatic heterocycles. The highest BCUT2D eigenvalue weighted by atomic mass is 16.2. The van der Waals surface area contributed by atoms with Gasteiger partial charge in [0.25, 0.3) is 5.91 Å². The summed E-state index contributed by atoms with van der Waals surface area (Å²) in [7, 11) is 0. The predicted molar refractivity (Wildman–Crippen MR) is 63.9 cm³/mol. The number of nitrogens with zero attached hydrogens (tertiary/aromatic N) is 1. The van der Waals surface area contributed by atoms with Crippen molar-refractivity contribution in [1.82, 2.24) is 0 Å². The predicted octanol–water partition coefficient (Wildman–Crippen LogP) is 2.21. The standard InChI is InChI=1S/C13H12N2O/c14-15(12-9-5-2-6-10-12)13(16)11-7-3-1-4-8-11/h1-10H,14H2. The molecule has 0 saturated carbocycles. The minimum absolute atomic E-state index is 0.216. The van der Waals surface area contributed by atoms with Crippen molar-refractivity contribution in [3.05, 3.63) is 66.2 Å². The van der Waals surface area contributed by atoms with Crippen LogP contribution in [0.2, 0.25) is 0 Å². The van der Waals surface area contributed by atoms with Gasteiger partial charge in [0, 0.05) is 5.56 Å². The highest BCUT2D eigenvalue weighted by molar-refractivity contribution is 6.05. The number of amides is 1. The lowest BCUT2D eigenvalue weighted by Crippen LogP contribution is -2.37. The van der Waals surface area contributed by atoms with Crippen LogP contribution in [0.15, 0.2) is 60.7 Å². The fourth-order valence-electron chi connectivity index (χ4n) is 1.43. The number of benzene rings is 2. The number of hydrogen-bond acceptors (Lipinski definition) is 2. The van der Waals surface area contributed by atoms with E-state index in [2.05, 4.69) is 0 Å². The van der Waals surface area contributed by atoms with Gasteiger partial charge in [-0.1, -0.05) is 36.4 Å². The third-order valence-corrected chi connectivity index (χ3v) is 2.27. The normalized spacial score (nSPS) is 9.81. The van der Waals surface area contributed by atoms with Gasteiger partial charge in [0.05, 0.1) is 5.69 Å². The first-order valence-corrected chi connectivity index (χ1v) is 4.98. The fourth-order valence-corrected chi connectivity index (χ4v) is 1.43. The molecule has 2 aromatic rings. The highest BCUT2D eigenvalue weighted by Crippen LogP contribution is 2.12. The van der Waals surface area contributed by atoms with E-state index in [-0.39, 0.29) is 5.91 Å². The van der Waals surface area contributed by atoms with Gasteiger partial charge in [-0.25, -0.2) is 10.9 Å². The summed E-state index contributed by atoms with van der Waals surface area (Å²) in [4.78, 5) is 11.9. The van der Waals surface area contributed by atoms with Crippen LogP contribution < -0.4 is 10.9 Å². The van der Waals surface area contributed by atoms with Gasteiger partial charge >= 0.3 is 0 Å². The maximum Gasteiger partial charge on any atom is 0.272 e. The van der Waals surface area contributed by atoms with Crippen molar-refractivity contribution in [2.24, 2.45) is 5.84 Å². The average Bonchev–Trinajstić information content (AvgIpc) is 2.39. The highest BCUT2D eigenvalue weighted by Gasteiger charge is 2.12. The molecule has 0 fully saturated rings. The van der Waals surface area contributed by atoms with Crippen LogP contribution in [0.5, 0.6) is 0 Å². The Labute approximate surface area is 94.1 Å². The van der Waals surface area contributed by atoms with Gasteiger partial charge in [-0.3, -0.25) is 4.79 Å². The number of hydrazine groups is 1. The zero-order valence-corrected chi connectivity index (χ0v) is 8.71. The molecule has 80 valence electrons. The third kappa shape index (κ3) is 2.10. The lowest BCUT2D eigenvalue weighted by molar-refractivity contribution is 0.0987. The second-order valence-electron chi connectivity index (χ2n) is 3.38. The molecule has 0 atom stereocenters. The first-order chi connectivity index (χ1) is 7.79. The number of carbonyl (C=O) groups excluding carboxylic acids is 1. The van der Waals surface area contributed by atoms with E-state index >= 15 is 0 Å². The van der Waals surface area contributed by atoms with Gasteiger partial charge < -0.3 is 0 Å². The van der Waals surface area contributed by atoms with E-state index in [0.717, 1.165) is 5.01 Å². The van der Waals surface area contributed by atoms with Crippen molar-refractivity contribution < 1.29 is 4.79 Å². The van der Waals surface area contributed by atoms with Crippen LogP contribution in [-0.2, 0) is 0 Å². The summed E-state index contributed by atoms with van der Waals surface area (Å²) in [6.45, 7) is 0. The van der Waals surface area contributed by atoms with E-state index in [0.29, 0.717) is 11.3 Å². The molecule has 3 heteroatoms.